The van der Waals surface area contributed by atoms with Crippen molar-refractivity contribution in [1.29, 1.82) is 0 Å². The van der Waals surface area contributed by atoms with Gasteiger partial charge in [-0.3, -0.25) is 4.90 Å². The van der Waals surface area contributed by atoms with Gasteiger partial charge in [0, 0.05) is 18.5 Å². The van der Waals surface area contributed by atoms with Crippen LogP contribution in [-0.4, -0.2) is 11.9 Å². The standard InChI is InChI=1S/C18H19N/c1-19-12-14-7-3-4-8-15(14)17-11-10-13-6-2-5-9-16(13)18(17)19/h2-9,17-18H,10-12H2,1H3/t17-,18-/m0/s1. The molecule has 0 aromatic heterocycles. The molecule has 0 radical (unpaired) electrons. The number of hydrogen-bond donors (Lipinski definition) is 0. The van der Waals surface area contributed by atoms with Crippen molar-refractivity contribution in [3.63, 3.8) is 0 Å². The van der Waals surface area contributed by atoms with Gasteiger partial charge in [0.2, 0.25) is 0 Å². The van der Waals surface area contributed by atoms with Gasteiger partial charge >= 0.3 is 0 Å². The fraction of sp³-hybridized carbons (Fsp3) is 0.333. The molecule has 0 saturated heterocycles. The lowest BCUT2D eigenvalue weighted by Crippen LogP contribution is -2.37. The first-order valence-corrected chi connectivity index (χ1v) is 7.20. The van der Waals surface area contributed by atoms with Crippen molar-refractivity contribution in [2.45, 2.75) is 31.3 Å². The largest absolute Gasteiger partial charge is 0.294 e. The molecule has 2 aromatic carbocycles. The fourth-order valence-corrected chi connectivity index (χ4v) is 4.01. The zero-order chi connectivity index (χ0) is 12.8. The summed E-state index contributed by atoms with van der Waals surface area (Å²) in [6.45, 7) is 1.08. The molecule has 0 spiro atoms. The van der Waals surface area contributed by atoms with Crippen LogP contribution in [0.15, 0.2) is 48.5 Å². The van der Waals surface area contributed by atoms with Gasteiger partial charge < -0.3 is 0 Å². The van der Waals surface area contributed by atoms with Crippen molar-refractivity contribution in [2.24, 2.45) is 0 Å². The van der Waals surface area contributed by atoms with Crippen molar-refractivity contribution in [3.8, 4) is 0 Å². The summed E-state index contributed by atoms with van der Waals surface area (Å²) >= 11 is 0. The molecule has 2 atom stereocenters. The SMILES string of the molecule is CN1Cc2ccccc2[C@@H]2CCc3ccccc3[C@@H]21. The maximum atomic E-state index is 2.53. The maximum absolute atomic E-state index is 2.53. The van der Waals surface area contributed by atoms with Crippen LogP contribution in [0.5, 0.6) is 0 Å². The average molecular weight is 249 g/mol. The second-order valence-electron chi connectivity index (χ2n) is 5.90. The Morgan fingerprint density at radius 3 is 2.42 bits per heavy atom. The number of benzene rings is 2. The molecule has 96 valence electrons. The monoisotopic (exact) mass is 249 g/mol. The lowest BCUT2D eigenvalue weighted by molar-refractivity contribution is 0.170. The van der Waals surface area contributed by atoms with Gasteiger partial charge in [-0.05, 0) is 42.1 Å². The topological polar surface area (TPSA) is 3.24 Å². The summed E-state index contributed by atoms with van der Waals surface area (Å²) in [4.78, 5) is 2.53. The number of aryl methyl sites for hydroxylation is 1. The zero-order valence-electron chi connectivity index (χ0n) is 11.3. The Bertz CT molecular complexity index is 617. The van der Waals surface area contributed by atoms with E-state index in [1.54, 1.807) is 16.7 Å². The van der Waals surface area contributed by atoms with Crippen LogP contribution in [-0.2, 0) is 13.0 Å². The van der Waals surface area contributed by atoms with Crippen LogP contribution in [0.25, 0.3) is 0 Å². The van der Waals surface area contributed by atoms with E-state index in [0.29, 0.717) is 12.0 Å². The Morgan fingerprint density at radius 1 is 0.895 bits per heavy atom. The third-order valence-corrected chi connectivity index (χ3v) is 4.83. The normalized spacial score (nSPS) is 25.3. The van der Waals surface area contributed by atoms with Crippen LogP contribution < -0.4 is 0 Å². The summed E-state index contributed by atoms with van der Waals surface area (Å²) < 4.78 is 0. The fourth-order valence-electron chi connectivity index (χ4n) is 4.01. The number of hydrogen-bond acceptors (Lipinski definition) is 1. The number of rotatable bonds is 0. The zero-order valence-corrected chi connectivity index (χ0v) is 11.3. The van der Waals surface area contributed by atoms with Crippen molar-refractivity contribution in [3.05, 3.63) is 70.8 Å². The Balaban J connectivity index is 1.87. The Morgan fingerprint density at radius 2 is 1.58 bits per heavy atom. The first-order chi connectivity index (χ1) is 9.34. The summed E-state index contributed by atoms with van der Waals surface area (Å²) in [7, 11) is 2.27. The van der Waals surface area contributed by atoms with Crippen molar-refractivity contribution in [1.82, 2.24) is 4.90 Å². The third kappa shape index (κ3) is 1.65. The molecule has 2 aromatic rings. The number of nitrogens with zero attached hydrogens (tertiary/aromatic N) is 1. The summed E-state index contributed by atoms with van der Waals surface area (Å²) in [6, 6.07) is 18.6. The predicted octanol–water partition coefficient (Wildman–Crippen LogP) is 3.90. The first-order valence-electron chi connectivity index (χ1n) is 7.20. The molecule has 4 rings (SSSR count). The predicted molar refractivity (Wildman–Crippen MR) is 78.2 cm³/mol. The minimum absolute atomic E-state index is 0.569. The van der Waals surface area contributed by atoms with E-state index in [1.165, 1.54) is 18.4 Å². The van der Waals surface area contributed by atoms with Crippen molar-refractivity contribution < 1.29 is 0 Å². The molecular weight excluding hydrogens is 230 g/mol. The molecule has 1 heterocycles. The van der Waals surface area contributed by atoms with E-state index in [0.717, 1.165) is 6.54 Å². The van der Waals surface area contributed by atoms with E-state index in [1.807, 2.05) is 0 Å². The van der Waals surface area contributed by atoms with E-state index >= 15 is 0 Å². The molecule has 1 aliphatic carbocycles. The van der Waals surface area contributed by atoms with E-state index in [9.17, 15) is 0 Å². The number of likely N-dealkylation sites (N-methyl/N-ethyl adjacent to an activating group) is 1. The molecule has 1 heteroatoms. The molecule has 2 aliphatic rings. The average Bonchev–Trinajstić information content (AvgIpc) is 2.46. The summed E-state index contributed by atoms with van der Waals surface area (Å²) in [5.74, 6) is 0.671. The molecule has 19 heavy (non-hydrogen) atoms. The molecular formula is C18H19N. The molecule has 1 aliphatic heterocycles. The van der Waals surface area contributed by atoms with E-state index in [2.05, 4.69) is 60.5 Å². The van der Waals surface area contributed by atoms with Crippen molar-refractivity contribution in [2.75, 3.05) is 7.05 Å². The van der Waals surface area contributed by atoms with Gasteiger partial charge in [-0.2, -0.15) is 0 Å². The maximum Gasteiger partial charge on any atom is 0.0420 e. The molecule has 0 N–H and O–H groups in total. The molecule has 0 bridgehead atoms. The van der Waals surface area contributed by atoms with Crippen LogP contribution in [0.2, 0.25) is 0 Å². The Hall–Kier alpha value is -1.60. The lowest BCUT2D eigenvalue weighted by Gasteiger charge is -2.44. The van der Waals surface area contributed by atoms with Gasteiger partial charge in [-0.1, -0.05) is 48.5 Å². The molecule has 1 nitrogen and oxygen atoms in total. The van der Waals surface area contributed by atoms with E-state index < -0.39 is 0 Å². The second kappa shape index (κ2) is 4.21. The van der Waals surface area contributed by atoms with Crippen LogP contribution in [0.1, 0.15) is 40.6 Å². The highest BCUT2D eigenvalue weighted by atomic mass is 15.1. The van der Waals surface area contributed by atoms with E-state index in [4.69, 9.17) is 0 Å². The summed E-state index contributed by atoms with van der Waals surface area (Å²) in [5.41, 5.74) is 6.21. The van der Waals surface area contributed by atoms with Crippen LogP contribution in [0.3, 0.4) is 0 Å². The summed E-state index contributed by atoms with van der Waals surface area (Å²) in [5, 5.41) is 0. The third-order valence-electron chi connectivity index (χ3n) is 4.83. The van der Waals surface area contributed by atoms with Gasteiger partial charge in [0.25, 0.3) is 0 Å². The second-order valence-corrected chi connectivity index (χ2v) is 5.90. The van der Waals surface area contributed by atoms with Crippen molar-refractivity contribution >= 4 is 0 Å². The van der Waals surface area contributed by atoms with E-state index in [-0.39, 0.29) is 0 Å². The smallest absolute Gasteiger partial charge is 0.0420 e. The van der Waals surface area contributed by atoms with Crippen LogP contribution >= 0.6 is 0 Å². The first kappa shape index (κ1) is 11.2. The van der Waals surface area contributed by atoms with Gasteiger partial charge in [0.15, 0.2) is 0 Å². The van der Waals surface area contributed by atoms with Gasteiger partial charge in [-0.15, -0.1) is 0 Å². The molecule has 0 saturated carbocycles. The number of fused-ring (bicyclic) bond motifs is 5. The lowest BCUT2D eigenvalue weighted by atomic mass is 9.72. The Labute approximate surface area is 114 Å². The molecule has 0 amide bonds. The van der Waals surface area contributed by atoms with Crippen LogP contribution in [0.4, 0.5) is 0 Å². The summed E-state index contributed by atoms with van der Waals surface area (Å²) in [6.07, 6.45) is 2.50. The van der Waals surface area contributed by atoms with Gasteiger partial charge in [-0.25, -0.2) is 0 Å². The van der Waals surface area contributed by atoms with Gasteiger partial charge in [0.1, 0.15) is 0 Å². The quantitative estimate of drug-likeness (QED) is 0.684. The highest BCUT2D eigenvalue weighted by molar-refractivity contribution is 5.42. The van der Waals surface area contributed by atoms with Crippen LogP contribution in [0, 0.1) is 0 Å². The molecule has 0 unspecified atom stereocenters. The Kier molecular flexibility index (Phi) is 2.49. The highest BCUT2D eigenvalue weighted by Crippen LogP contribution is 2.48. The highest BCUT2D eigenvalue weighted by Gasteiger charge is 2.37. The minimum atomic E-state index is 0.569. The van der Waals surface area contributed by atoms with Gasteiger partial charge in [0.05, 0.1) is 0 Å². The minimum Gasteiger partial charge on any atom is -0.294 e. The molecule has 0 fully saturated rings.